The minimum absolute atomic E-state index is 0.00907. The van der Waals surface area contributed by atoms with Gasteiger partial charge in [-0.3, -0.25) is 9.69 Å². The molecule has 2 aliphatic heterocycles. The van der Waals surface area contributed by atoms with Crippen molar-refractivity contribution in [1.29, 1.82) is 0 Å². The number of nitrogens with zero attached hydrogens (tertiary/aromatic N) is 2. The maximum atomic E-state index is 11.9. The highest BCUT2D eigenvalue weighted by Crippen LogP contribution is 2.43. The molecule has 3 aromatic carbocycles. The van der Waals surface area contributed by atoms with Crippen molar-refractivity contribution in [3.8, 4) is 0 Å². The van der Waals surface area contributed by atoms with Crippen LogP contribution < -0.4 is 10.7 Å². The Balaban J connectivity index is 1.60. The van der Waals surface area contributed by atoms with Crippen molar-refractivity contribution >= 4 is 17.7 Å². The van der Waals surface area contributed by atoms with Crippen LogP contribution in [-0.4, -0.2) is 37.0 Å². The summed E-state index contributed by atoms with van der Waals surface area (Å²) >= 11 is 0. The number of hydrazone groups is 1. The van der Waals surface area contributed by atoms with Gasteiger partial charge in [-0.1, -0.05) is 73.2 Å². The number of anilines is 1. The molecule has 5 rings (SSSR count). The van der Waals surface area contributed by atoms with Crippen molar-refractivity contribution in [3.05, 3.63) is 101 Å². The number of nitrogens with one attached hydrogen (secondary N) is 2. The summed E-state index contributed by atoms with van der Waals surface area (Å²) in [5.41, 5.74) is 10.1. The van der Waals surface area contributed by atoms with Gasteiger partial charge in [0.1, 0.15) is 0 Å². The van der Waals surface area contributed by atoms with E-state index in [1.807, 2.05) is 31.3 Å². The second-order valence-corrected chi connectivity index (χ2v) is 9.20. The Morgan fingerprint density at radius 3 is 2.50 bits per heavy atom. The number of rotatable bonds is 6. The van der Waals surface area contributed by atoms with Crippen LogP contribution in [0, 0.1) is 0 Å². The van der Waals surface area contributed by atoms with E-state index in [2.05, 4.69) is 64.2 Å². The van der Waals surface area contributed by atoms with Gasteiger partial charge in [-0.15, -0.1) is 0 Å². The molecule has 0 bridgehead atoms. The van der Waals surface area contributed by atoms with E-state index in [9.17, 15) is 4.79 Å². The largest absolute Gasteiger partial charge is 0.377 e. The second kappa shape index (κ2) is 10.2. The van der Waals surface area contributed by atoms with Gasteiger partial charge in [-0.2, -0.15) is 5.10 Å². The molecule has 3 aromatic rings. The molecule has 2 heterocycles. The molecule has 0 aliphatic carbocycles. The van der Waals surface area contributed by atoms with Crippen molar-refractivity contribution in [1.82, 2.24) is 10.3 Å². The van der Waals surface area contributed by atoms with Crippen LogP contribution in [0.2, 0.25) is 0 Å². The standard InChI is InChI=1S/C29H32N4O/c1-30-32-29-26-24(20-34)14-9-15-25(26)31-28(27(29)22-11-4-2-5-12-22)23-13-8-10-21(18-23)19-33-16-6-3-7-17-33/h2,4-5,8-15,18,20,27-28,30-31H,3,6-7,16-17,19H2,1H3/b32-29+. The van der Waals surface area contributed by atoms with Gasteiger partial charge in [0.2, 0.25) is 0 Å². The molecule has 0 saturated carbocycles. The Morgan fingerprint density at radius 2 is 1.74 bits per heavy atom. The first-order valence-corrected chi connectivity index (χ1v) is 12.2. The molecule has 34 heavy (non-hydrogen) atoms. The smallest absolute Gasteiger partial charge is 0.150 e. The molecule has 174 valence electrons. The van der Waals surface area contributed by atoms with Crippen LogP contribution in [0.15, 0.2) is 77.9 Å². The molecular weight excluding hydrogens is 420 g/mol. The van der Waals surface area contributed by atoms with E-state index >= 15 is 0 Å². The van der Waals surface area contributed by atoms with E-state index in [0.717, 1.165) is 29.8 Å². The fourth-order valence-corrected chi connectivity index (χ4v) is 5.43. The van der Waals surface area contributed by atoms with Gasteiger partial charge >= 0.3 is 0 Å². The highest BCUT2D eigenvalue weighted by molar-refractivity contribution is 6.15. The maximum Gasteiger partial charge on any atom is 0.150 e. The summed E-state index contributed by atoms with van der Waals surface area (Å²) in [6.45, 7) is 3.35. The number of likely N-dealkylation sites (tertiary alicyclic amines) is 1. The lowest BCUT2D eigenvalue weighted by Crippen LogP contribution is -2.34. The van der Waals surface area contributed by atoms with E-state index in [0.29, 0.717) is 5.56 Å². The van der Waals surface area contributed by atoms with E-state index in [4.69, 9.17) is 5.10 Å². The van der Waals surface area contributed by atoms with Gasteiger partial charge < -0.3 is 10.7 Å². The number of aldehydes is 1. The molecule has 1 fully saturated rings. The minimum atomic E-state index is -0.0486. The van der Waals surface area contributed by atoms with Crippen LogP contribution in [0.1, 0.15) is 63.8 Å². The first-order valence-electron chi connectivity index (χ1n) is 12.2. The van der Waals surface area contributed by atoms with Gasteiger partial charge in [-0.25, -0.2) is 0 Å². The second-order valence-electron chi connectivity index (χ2n) is 9.20. The Morgan fingerprint density at radius 1 is 0.971 bits per heavy atom. The Kier molecular flexibility index (Phi) is 6.72. The molecule has 2 unspecified atom stereocenters. The van der Waals surface area contributed by atoms with E-state index in [1.54, 1.807) is 0 Å². The van der Waals surface area contributed by atoms with Crippen molar-refractivity contribution in [2.75, 3.05) is 25.5 Å². The summed E-state index contributed by atoms with van der Waals surface area (Å²) in [6.07, 6.45) is 4.85. The Bertz CT molecular complexity index is 1170. The fourth-order valence-electron chi connectivity index (χ4n) is 5.43. The van der Waals surface area contributed by atoms with Gasteiger partial charge in [0.05, 0.1) is 17.7 Å². The summed E-state index contributed by atoms with van der Waals surface area (Å²) in [4.78, 5) is 14.5. The number of benzene rings is 3. The number of piperidine rings is 1. The molecule has 5 heteroatoms. The van der Waals surface area contributed by atoms with Crippen molar-refractivity contribution in [2.24, 2.45) is 5.10 Å². The highest BCUT2D eigenvalue weighted by Gasteiger charge is 2.37. The van der Waals surface area contributed by atoms with Crippen LogP contribution in [0.3, 0.4) is 0 Å². The summed E-state index contributed by atoms with van der Waals surface area (Å²) in [5, 5.41) is 8.52. The highest BCUT2D eigenvalue weighted by atomic mass is 16.1. The average Bonchev–Trinajstić information content (AvgIpc) is 2.89. The number of fused-ring (bicyclic) bond motifs is 1. The first-order chi connectivity index (χ1) is 16.8. The number of carbonyl (C=O) groups excluding carboxylic acids is 1. The molecular formula is C29H32N4O. The van der Waals surface area contributed by atoms with Gasteiger partial charge in [-0.05, 0) is 48.7 Å². The topological polar surface area (TPSA) is 56.7 Å². The quantitative estimate of drug-likeness (QED) is 0.391. The lowest BCUT2D eigenvalue weighted by molar-refractivity contribution is 0.112. The Labute approximate surface area is 201 Å². The summed E-state index contributed by atoms with van der Waals surface area (Å²) in [7, 11) is 1.81. The SMILES string of the molecule is CN/N=C1\c2c(C=O)cccc2NC(c2cccc(CN3CCCCC3)c2)C1c1ccccc1. The van der Waals surface area contributed by atoms with Crippen molar-refractivity contribution in [3.63, 3.8) is 0 Å². The number of hydrogen-bond acceptors (Lipinski definition) is 5. The average molecular weight is 453 g/mol. The zero-order valence-corrected chi connectivity index (χ0v) is 19.7. The maximum absolute atomic E-state index is 11.9. The normalized spacial score (nSPS) is 21.5. The van der Waals surface area contributed by atoms with E-state index < -0.39 is 0 Å². The predicted molar refractivity (Wildman–Crippen MR) is 139 cm³/mol. The molecule has 5 nitrogen and oxygen atoms in total. The van der Waals surface area contributed by atoms with E-state index in [-0.39, 0.29) is 12.0 Å². The zero-order chi connectivity index (χ0) is 23.3. The summed E-state index contributed by atoms with van der Waals surface area (Å²) in [6, 6.07) is 25.2. The van der Waals surface area contributed by atoms with Gasteiger partial charge in [0.25, 0.3) is 0 Å². The molecule has 1 saturated heterocycles. The lowest BCUT2D eigenvalue weighted by atomic mass is 9.76. The lowest BCUT2D eigenvalue weighted by Gasteiger charge is -2.37. The third-order valence-electron chi connectivity index (χ3n) is 6.97. The van der Waals surface area contributed by atoms with Crippen LogP contribution in [0.4, 0.5) is 5.69 Å². The van der Waals surface area contributed by atoms with Crippen LogP contribution in [0.5, 0.6) is 0 Å². The monoisotopic (exact) mass is 452 g/mol. The van der Waals surface area contributed by atoms with Crippen molar-refractivity contribution < 1.29 is 4.79 Å². The molecule has 0 radical (unpaired) electrons. The fraction of sp³-hybridized carbons (Fsp3) is 0.310. The van der Waals surface area contributed by atoms with Crippen LogP contribution in [0.25, 0.3) is 0 Å². The van der Waals surface area contributed by atoms with Crippen LogP contribution >= 0.6 is 0 Å². The number of hydrogen-bond donors (Lipinski definition) is 2. The van der Waals surface area contributed by atoms with Gasteiger partial charge in [0, 0.05) is 30.4 Å². The molecule has 2 N–H and O–H groups in total. The number of carbonyl (C=O) groups is 1. The molecule has 0 amide bonds. The third-order valence-corrected chi connectivity index (χ3v) is 6.97. The van der Waals surface area contributed by atoms with Gasteiger partial charge in [0.15, 0.2) is 6.29 Å². The third kappa shape index (κ3) is 4.48. The first kappa shape index (κ1) is 22.4. The Hall–Kier alpha value is -3.44. The molecule has 2 aliphatic rings. The predicted octanol–water partition coefficient (Wildman–Crippen LogP) is 5.36. The minimum Gasteiger partial charge on any atom is -0.377 e. The van der Waals surface area contributed by atoms with E-state index in [1.165, 1.54) is 49.0 Å². The zero-order valence-electron chi connectivity index (χ0n) is 19.7. The molecule has 0 spiro atoms. The molecule has 2 atom stereocenters. The molecule has 0 aromatic heterocycles. The van der Waals surface area contributed by atoms with Crippen molar-refractivity contribution in [2.45, 2.75) is 37.8 Å². The summed E-state index contributed by atoms with van der Waals surface area (Å²) < 4.78 is 0. The van der Waals surface area contributed by atoms with Crippen LogP contribution in [-0.2, 0) is 6.54 Å². The summed E-state index contributed by atoms with van der Waals surface area (Å²) in [5.74, 6) is -0.0486.